The van der Waals surface area contributed by atoms with E-state index < -0.39 is 12.6 Å². The Kier molecular flexibility index (Phi) is 3.73. The fourth-order valence-electron chi connectivity index (χ4n) is 1.08. The molecule has 0 unspecified atom stereocenters. The maximum Gasteiger partial charge on any atom is 0.393 e. The van der Waals surface area contributed by atoms with Gasteiger partial charge in [-0.2, -0.15) is 13.2 Å². The Balaban J connectivity index is 3.05. The average molecular weight is 259 g/mol. The van der Waals surface area contributed by atoms with Crippen LogP contribution in [0.25, 0.3) is 0 Å². The molecule has 0 spiro atoms. The monoisotopic (exact) mass is 258 g/mol. The third kappa shape index (κ3) is 3.47. The molecule has 1 rings (SSSR count). The van der Waals surface area contributed by atoms with Crippen molar-refractivity contribution in [2.24, 2.45) is 0 Å². The zero-order chi connectivity index (χ0) is 11.6. The van der Waals surface area contributed by atoms with Gasteiger partial charge < -0.3 is 4.74 Å². The van der Waals surface area contributed by atoms with Crippen molar-refractivity contribution in [3.63, 3.8) is 0 Å². The molecule has 6 heteroatoms. The second kappa shape index (κ2) is 4.49. The molecule has 1 aromatic rings. The molecule has 0 aliphatic rings. The van der Waals surface area contributed by atoms with E-state index in [4.69, 9.17) is 27.9 Å². The maximum atomic E-state index is 12.1. The van der Waals surface area contributed by atoms with Crippen molar-refractivity contribution in [2.45, 2.75) is 12.6 Å². The Labute approximate surface area is 94.7 Å². The molecule has 0 bridgehead atoms. The van der Waals surface area contributed by atoms with Gasteiger partial charge in [0.05, 0.1) is 18.6 Å². The van der Waals surface area contributed by atoms with Crippen LogP contribution in [-0.2, 0) is 6.42 Å². The fourth-order valence-corrected chi connectivity index (χ4v) is 1.56. The van der Waals surface area contributed by atoms with Crippen molar-refractivity contribution >= 4 is 23.2 Å². The topological polar surface area (TPSA) is 9.23 Å². The highest BCUT2D eigenvalue weighted by molar-refractivity contribution is 6.34. The van der Waals surface area contributed by atoms with Gasteiger partial charge in [0.2, 0.25) is 0 Å². The van der Waals surface area contributed by atoms with Crippen LogP contribution < -0.4 is 4.74 Å². The number of hydrogen-bond acceptors (Lipinski definition) is 1. The minimum atomic E-state index is -4.30. The predicted octanol–water partition coefficient (Wildman–Crippen LogP) is 4.11. The molecule has 0 aliphatic heterocycles. The van der Waals surface area contributed by atoms with Crippen LogP contribution in [0.15, 0.2) is 12.1 Å². The van der Waals surface area contributed by atoms with Crippen LogP contribution in [0.4, 0.5) is 13.2 Å². The molecule has 0 aromatic heterocycles. The van der Waals surface area contributed by atoms with Crippen LogP contribution >= 0.6 is 23.2 Å². The molecule has 1 nitrogen and oxygen atoms in total. The van der Waals surface area contributed by atoms with E-state index in [2.05, 4.69) is 0 Å². The Morgan fingerprint density at radius 1 is 1.20 bits per heavy atom. The molecule has 0 heterocycles. The summed E-state index contributed by atoms with van der Waals surface area (Å²) in [7, 11) is 1.36. The predicted molar refractivity (Wildman–Crippen MR) is 52.8 cm³/mol. The highest BCUT2D eigenvalue weighted by atomic mass is 35.5. The number of alkyl halides is 3. The minimum Gasteiger partial charge on any atom is -0.495 e. The second-order valence-corrected chi connectivity index (χ2v) is 3.68. The first-order valence-electron chi connectivity index (χ1n) is 3.92. The smallest absolute Gasteiger partial charge is 0.393 e. The van der Waals surface area contributed by atoms with E-state index in [1.807, 2.05) is 0 Å². The number of halogens is 5. The number of ether oxygens (including phenoxy) is 1. The summed E-state index contributed by atoms with van der Waals surface area (Å²) in [6.07, 6.45) is -5.41. The van der Waals surface area contributed by atoms with Gasteiger partial charge in [-0.15, -0.1) is 0 Å². The van der Waals surface area contributed by atoms with Crippen molar-refractivity contribution in [3.05, 3.63) is 27.7 Å². The third-order valence-electron chi connectivity index (χ3n) is 1.71. The third-order valence-corrected chi connectivity index (χ3v) is 2.36. The number of hydrogen-bond donors (Lipinski definition) is 0. The molecule has 0 atom stereocenters. The lowest BCUT2D eigenvalue weighted by Crippen LogP contribution is -2.11. The molecule has 84 valence electrons. The zero-order valence-corrected chi connectivity index (χ0v) is 9.17. The average Bonchev–Trinajstić information content (AvgIpc) is 2.08. The van der Waals surface area contributed by atoms with Crippen LogP contribution in [-0.4, -0.2) is 13.3 Å². The van der Waals surface area contributed by atoms with Crippen LogP contribution in [0, 0.1) is 0 Å². The molecular weight excluding hydrogens is 252 g/mol. The highest BCUT2D eigenvalue weighted by Crippen LogP contribution is 2.34. The summed E-state index contributed by atoms with van der Waals surface area (Å²) in [4.78, 5) is 0. The molecule has 0 saturated carbocycles. The van der Waals surface area contributed by atoms with E-state index >= 15 is 0 Å². The quantitative estimate of drug-likeness (QED) is 0.776. The second-order valence-electron chi connectivity index (χ2n) is 2.87. The molecule has 0 saturated heterocycles. The van der Waals surface area contributed by atoms with Crippen LogP contribution in [0.5, 0.6) is 5.75 Å². The van der Waals surface area contributed by atoms with Gasteiger partial charge in [0.25, 0.3) is 0 Å². The summed E-state index contributed by atoms with van der Waals surface area (Å²) in [6, 6.07) is 2.43. The lowest BCUT2D eigenvalue weighted by Gasteiger charge is -2.10. The summed E-state index contributed by atoms with van der Waals surface area (Å²) in [5.74, 6) is 0.257. The Bertz CT molecular complexity index is 363. The molecule has 15 heavy (non-hydrogen) atoms. The molecule has 0 amide bonds. The Morgan fingerprint density at radius 2 is 1.80 bits per heavy atom. The van der Waals surface area contributed by atoms with Crippen molar-refractivity contribution in [3.8, 4) is 5.75 Å². The van der Waals surface area contributed by atoms with E-state index in [-0.39, 0.29) is 21.4 Å². The van der Waals surface area contributed by atoms with Crippen molar-refractivity contribution in [1.82, 2.24) is 0 Å². The zero-order valence-electron chi connectivity index (χ0n) is 7.66. The summed E-state index contributed by atoms with van der Waals surface area (Å²) in [5.41, 5.74) is -0.0602. The minimum absolute atomic E-state index is 0.00595. The number of rotatable bonds is 2. The number of benzene rings is 1. The first-order chi connectivity index (χ1) is 6.83. The molecule has 0 N–H and O–H groups in total. The first kappa shape index (κ1) is 12.5. The highest BCUT2D eigenvalue weighted by Gasteiger charge is 2.29. The number of methoxy groups -OCH3 is 1. The normalized spacial score (nSPS) is 11.6. The SMILES string of the molecule is COc1cc(Cl)c(CC(F)(F)F)cc1Cl. The summed E-state index contributed by atoms with van der Waals surface area (Å²) < 4.78 is 41.1. The lowest BCUT2D eigenvalue weighted by atomic mass is 10.1. The van der Waals surface area contributed by atoms with Crippen molar-refractivity contribution < 1.29 is 17.9 Å². The van der Waals surface area contributed by atoms with Gasteiger partial charge in [0.1, 0.15) is 5.75 Å². The Morgan fingerprint density at radius 3 is 2.27 bits per heavy atom. The first-order valence-corrected chi connectivity index (χ1v) is 4.68. The standard InChI is InChI=1S/C9H7Cl2F3O/c1-15-8-3-6(10)5(2-7(8)11)4-9(12,13)14/h2-3H,4H2,1H3. The summed E-state index contributed by atoms with van der Waals surface area (Å²) in [6.45, 7) is 0. The van der Waals surface area contributed by atoms with E-state index in [0.29, 0.717) is 0 Å². The van der Waals surface area contributed by atoms with Gasteiger partial charge in [-0.3, -0.25) is 0 Å². The van der Waals surface area contributed by atoms with Gasteiger partial charge in [0.15, 0.2) is 0 Å². The maximum absolute atomic E-state index is 12.1. The van der Waals surface area contributed by atoms with Crippen molar-refractivity contribution in [2.75, 3.05) is 7.11 Å². The fraction of sp³-hybridized carbons (Fsp3) is 0.333. The van der Waals surface area contributed by atoms with E-state index in [0.717, 1.165) is 6.07 Å². The van der Waals surface area contributed by atoms with Gasteiger partial charge in [-0.05, 0) is 11.6 Å². The molecular formula is C9H7Cl2F3O. The van der Waals surface area contributed by atoms with Crippen LogP contribution in [0.2, 0.25) is 10.0 Å². The molecule has 0 fully saturated rings. The Hall–Kier alpha value is -0.610. The summed E-state index contributed by atoms with van der Waals surface area (Å²) in [5, 5.41) is 0.106. The van der Waals surface area contributed by atoms with E-state index in [9.17, 15) is 13.2 Å². The molecule has 0 radical (unpaired) electrons. The van der Waals surface area contributed by atoms with Crippen LogP contribution in [0.3, 0.4) is 0 Å². The van der Waals surface area contributed by atoms with Gasteiger partial charge >= 0.3 is 6.18 Å². The van der Waals surface area contributed by atoms with Gasteiger partial charge in [-0.1, -0.05) is 23.2 Å². The molecule has 1 aromatic carbocycles. The van der Waals surface area contributed by atoms with Gasteiger partial charge in [-0.25, -0.2) is 0 Å². The van der Waals surface area contributed by atoms with Crippen molar-refractivity contribution in [1.29, 1.82) is 0 Å². The van der Waals surface area contributed by atoms with E-state index in [1.165, 1.54) is 13.2 Å². The lowest BCUT2D eigenvalue weighted by molar-refractivity contribution is -0.127. The molecule has 0 aliphatic carbocycles. The largest absolute Gasteiger partial charge is 0.495 e. The van der Waals surface area contributed by atoms with Gasteiger partial charge in [0, 0.05) is 11.1 Å². The summed E-state index contributed by atoms with van der Waals surface area (Å²) >= 11 is 11.3. The van der Waals surface area contributed by atoms with E-state index in [1.54, 1.807) is 0 Å². The van der Waals surface area contributed by atoms with Crippen LogP contribution in [0.1, 0.15) is 5.56 Å².